The molecule has 98 valence electrons. The molecule has 0 saturated carbocycles. The number of nitrogens with zero attached hydrogens (tertiary/aromatic N) is 2. The lowest BCUT2D eigenvalue weighted by molar-refractivity contribution is 0.112. The largest absolute Gasteiger partial charge is 0.359 e. The van der Waals surface area contributed by atoms with Gasteiger partial charge in [0.05, 0.1) is 11.1 Å². The van der Waals surface area contributed by atoms with Crippen LogP contribution in [-0.4, -0.2) is 24.9 Å². The number of anilines is 1. The van der Waals surface area contributed by atoms with Crippen LogP contribution in [0.15, 0.2) is 43.0 Å². The molecule has 3 nitrogen and oxygen atoms in total. The summed E-state index contributed by atoms with van der Waals surface area (Å²) >= 11 is 0. The average molecular weight is 254 g/mol. The SMILES string of the molecule is C=CCCCN(C)c1nc2ccccc2cc1C=O. The lowest BCUT2D eigenvalue weighted by Gasteiger charge is -2.20. The predicted molar refractivity (Wildman–Crippen MR) is 79.8 cm³/mol. The van der Waals surface area contributed by atoms with Crippen LogP contribution in [-0.2, 0) is 0 Å². The topological polar surface area (TPSA) is 33.2 Å². The summed E-state index contributed by atoms with van der Waals surface area (Å²) in [5.74, 6) is 0.748. The van der Waals surface area contributed by atoms with Gasteiger partial charge in [0, 0.05) is 19.0 Å². The van der Waals surface area contributed by atoms with Crippen LogP contribution in [0, 0.1) is 0 Å². The van der Waals surface area contributed by atoms with Crippen LogP contribution in [0.5, 0.6) is 0 Å². The fraction of sp³-hybridized carbons (Fsp3) is 0.250. The Labute approximate surface area is 113 Å². The summed E-state index contributed by atoms with van der Waals surface area (Å²) in [5, 5.41) is 0.993. The Morgan fingerprint density at radius 3 is 2.89 bits per heavy atom. The number of rotatable bonds is 6. The second-order valence-electron chi connectivity index (χ2n) is 4.56. The Bertz CT molecular complexity index is 592. The third-order valence-electron chi connectivity index (χ3n) is 3.12. The smallest absolute Gasteiger partial charge is 0.153 e. The van der Waals surface area contributed by atoms with Crippen molar-refractivity contribution in [2.75, 3.05) is 18.5 Å². The number of benzene rings is 1. The van der Waals surface area contributed by atoms with Crippen LogP contribution in [0.3, 0.4) is 0 Å². The van der Waals surface area contributed by atoms with Gasteiger partial charge in [0.1, 0.15) is 5.82 Å². The number of aromatic nitrogens is 1. The quantitative estimate of drug-likeness (QED) is 0.450. The highest BCUT2D eigenvalue weighted by molar-refractivity contribution is 5.91. The number of pyridine rings is 1. The molecule has 0 aliphatic rings. The summed E-state index contributed by atoms with van der Waals surface area (Å²) in [6.45, 7) is 4.57. The van der Waals surface area contributed by atoms with E-state index in [1.807, 2.05) is 48.4 Å². The maximum atomic E-state index is 11.2. The lowest BCUT2D eigenvalue weighted by atomic mass is 10.1. The van der Waals surface area contributed by atoms with Crippen LogP contribution >= 0.6 is 0 Å². The number of para-hydroxylation sites is 1. The Morgan fingerprint density at radius 1 is 1.37 bits per heavy atom. The molecular weight excluding hydrogens is 236 g/mol. The van der Waals surface area contributed by atoms with Crippen molar-refractivity contribution in [3.05, 3.63) is 48.6 Å². The maximum Gasteiger partial charge on any atom is 0.153 e. The molecule has 1 aromatic heterocycles. The van der Waals surface area contributed by atoms with Gasteiger partial charge in [0.2, 0.25) is 0 Å². The maximum absolute atomic E-state index is 11.2. The zero-order chi connectivity index (χ0) is 13.7. The summed E-state index contributed by atoms with van der Waals surface area (Å²) in [5.41, 5.74) is 1.55. The van der Waals surface area contributed by atoms with E-state index >= 15 is 0 Å². The van der Waals surface area contributed by atoms with E-state index in [1.165, 1.54) is 0 Å². The van der Waals surface area contributed by atoms with Gasteiger partial charge in [-0.05, 0) is 25.0 Å². The van der Waals surface area contributed by atoms with Crippen molar-refractivity contribution in [3.63, 3.8) is 0 Å². The first-order chi connectivity index (χ1) is 9.26. The van der Waals surface area contributed by atoms with Gasteiger partial charge >= 0.3 is 0 Å². The molecule has 0 bridgehead atoms. The minimum atomic E-state index is 0.639. The Balaban J connectivity index is 2.34. The van der Waals surface area contributed by atoms with Crippen molar-refractivity contribution in [2.45, 2.75) is 12.8 Å². The van der Waals surface area contributed by atoms with E-state index in [0.717, 1.165) is 42.4 Å². The average Bonchev–Trinajstić information content (AvgIpc) is 2.46. The van der Waals surface area contributed by atoms with Crippen molar-refractivity contribution < 1.29 is 4.79 Å². The fourth-order valence-electron chi connectivity index (χ4n) is 2.09. The van der Waals surface area contributed by atoms with Gasteiger partial charge in [-0.2, -0.15) is 0 Å². The monoisotopic (exact) mass is 254 g/mol. The van der Waals surface area contributed by atoms with Gasteiger partial charge in [0.15, 0.2) is 6.29 Å². The first kappa shape index (κ1) is 13.3. The van der Waals surface area contributed by atoms with Crippen molar-refractivity contribution in [2.24, 2.45) is 0 Å². The number of hydrogen-bond donors (Lipinski definition) is 0. The molecule has 1 heterocycles. The molecular formula is C16H18N2O. The molecule has 0 fully saturated rings. The first-order valence-corrected chi connectivity index (χ1v) is 6.43. The number of hydrogen-bond acceptors (Lipinski definition) is 3. The molecule has 2 rings (SSSR count). The molecule has 2 aromatic rings. The van der Waals surface area contributed by atoms with Crippen LogP contribution in [0.4, 0.5) is 5.82 Å². The summed E-state index contributed by atoms with van der Waals surface area (Å²) in [4.78, 5) is 17.8. The van der Waals surface area contributed by atoms with Gasteiger partial charge < -0.3 is 4.90 Å². The number of carbonyl (C=O) groups excluding carboxylic acids is 1. The van der Waals surface area contributed by atoms with Gasteiger partial charge in [-0.25, -0.2) is 4.98 Å². The first-order valence-electron chi connectivity index (χ1n) is 6.43. The van der Waals surface area contributed by atoms with Crippen LogP contribution in [0.25, 0.3) is 10.9 Å². The minimum absolute atomic E-state index is 0.639. The van der Waals surface area contributed by atoms with Crippen molar-refractivity contribution >= 4 is 23.0 Å². The summed E-state index contributed by atoms with van der Waals surface area (Å²) in [6, 6.07) is 9.74. The molecule has 0 N–H and O–H groups in total. The molecule has 0 radical (unpaired) electrons. The van der Waals surface area contributed by atoms with Gasteiger partial charge in [-0.3, -0.25) is 4.79 Å². The number of aldehydes is 1. The Kier molecular flexibility index (Phi) is 4.29. The molecule has 0 spiro atoms. The highest BCUT2D eigenvalue weighted by Gasteiger charge is 2.10. The lowest BCUT2D eigenvalue weighted by Crippen LogP contribution is -2.21. The summed E-state index contributed by atoms with van der Waals surface area (Å²) < 4.78 is 0. The molecule has 0 aliphatic carbocycles. The van der Waals surface area contributed by atoms with Crippen molar-refractivity contribution in [1.29, 1.82) is 0 Å². The zero-order valence-electron chi connectivity index (χ0n) is 11.2. The van der Waals surface area contributed by atoms with Crippen LogP contribution in [0.2, 0.25) is 0 Å². The van der Waals surface area contributed by atoms with Gasteiger partial charge in [-0.15, -0.1) is 6.58 Å². The van der Waals surface area contributed by atoms with Crippen molar-refractivity contribution in [3.8, 4) is 0 Å². The van der Waals surface area contributed by atoms with E-state index in [2.05, 4.69) is 11.6 Å². The second-order valence-corrected chi connectivity index (χ2v) is 4.56. The van der Waals surface area contributed by atoms with E-state index in [9.17, 15) is 4.79 Å². The van der Waals surface area contributed by atoms with E-state index < -0.39 is 0 Å². The van der Waals surface area contributed by atoms with E-state index in [1.54, 1.807) is 0 Å². The molecule has 0 unspecified atom stereocenters. The summed E-state index contributed by atoms with van der Waals surface area (Å²) in [7, 11) is 1.97. The van der Waals surface area contributed by atoms with Crippen molar-refractivity contribution in [1.82, 2.24) is 4.98 Å². The zero-order valence-corrected chi connectivity index (χ0v) is 11.2. The van der Waals surface area contributed by atoms with Crippen LogP contribution < -0.4 is 4.90 Å². The third-order valence-corrected chi connectivity index (χ3v) is 3.12. The summed E-state index contributed by atoms with van der Waals surface area (Å²) in [6.07, 6.45) is 4.75. The fourth-order valence-corrected chi connectivity index (χ4v) is 2.09. The number of fused-ring (bicyclic) bond motifs is 1. The number of allylic oxidation sites excluding steroid dienone is 1. The molecule has 0 saturated heterocycles. The Hall–Kier alpha value is -2.16. The molecule has 0 atom stereocenters. The predicted octanol–water partition coefficient (Wildman–Crippen LogP) is 3.45. The molecule has 0 aliphatic heterocycles. The van der Waals surface area contributed by atoms with Gasteiger partial charge in [-0.1, -0.05) is 24.3 Å². The normalized spacial score (nSPS) is 10.4. The second kappa shape index (κ2) is 6.14. The minimum Gasteiger partial charge on any atom is -0.359 e. The number of carbonyl (C=O) groups is 1. The molecule has 19 heavy (non-hydrogen) atoms. The molecule has 0 amide bonds. The number of unbranched alkanes of at least 4 members (excludes halogenated alkanes) is 1. The third kappa shape index (κ3) is 2.99. The van der Waals surface area contributed by atoms with Crippen LogP contribution in [0.1, 0.15) is 23.2 Å². The molecule has 1 aromatic carbocycles. The standard InChI is InChI=1S/C16H18N2O/c1-3-4-7-10-18(2)16-14(12-19)11-13-8-5-6-9-15(13)17-16/h3,5-6,8-9,11-12H,1,4,7,10H2,2H3. The molecule has 3 heteroatoms. The Morgan fingerprint density at radius 2 is 2.16 bits per heavy atom. The highest BCUT2D eigenvalue weighted by Crippen LogP contribution is 2.21. The van der Waals surface area contributed by atoms with E-state index in [-0.39, 0.29) is 0 Å². The van der Waals surface area contributed by atoms with E-state index in [0.29, 0.717) is 5.56 Å². The van der Waals surface area contributed by atoms with E-state index in [4.69, 9.17) is 0 Å². The van der Waals surface area contributed by atoms with Gasteiger partial charge in [0.25, 0.3) is 0 Å². The highest BCUT2D eigenvalue weighted by atomic mass is 16.1.